The van der Waals surface area contributed by atoms with Crippen molar-refractivity contribution in [3.8, 4) is 0 Å². The van der Waals surface area contributed by atoms with E-state index in [9.17, 15) is 10.2 Å². The van der Waals surface area contributed by atoms with Gasteiger partial charge in [0.15, 0.2) is 0 Å². The number of fused-ring (bicyclic) bond motifs is 2. The number of aliphatic hydroxyl groups is 2. The van der Waals surface area contributed by atoms with E-state index in [0.717, 1.165) is 12.8 Å². The van der Waals surface area contributed by atoms with Crippen LogP contribution in [0.4, 0.5) is 0 Å². The molecule has 2 aliphatic heterocycles. The Balaban J connectivity index is 2.20. The minimum Gasteiger partial charge on any atom is -0.388 e. The van der Waals surface area contributed by atoms with Gasteiger partial charge in [-0.1, -0.05) is 20.3 Å². The lowest BCUT2D eigenvalue weighted by Crippen LogP contribution is -2.61. The van der Waals surface area contributed by atoms with Crippen LogP contribution in [0.25, 0.3) is 0 Å². The summed E-state index contributed by atoms with van der Waals surface area (Å²) < 4.78 is 17.5. The molecule has 8 atom stereocenters. The third kappa shape index (κ3) is 3.34. The van der Waals surface area contributed by atoms with E-state index in [2.05, 4.69) is 6.92 Å². The first-order valence-corrected chi connectivity index (χ1v) is 7.72. The van der Waals surface area contributed by atoms with Crippen LogP contribution in [0.3, 0.4) is 0 Å². The highest BCUT2D eigenvalue weighted by Gasteiger charge is 2.47. The van der Waals surface area contributed by atoms with E-state index in [4.69, 9.17) is 14.2 Å². The molecule has 2 aliphatic rings. The van der Waals surface area contributed by atoms with Gasteiger partial charge in [-0.25, -0.2) is 0 Å². The molecule has 2 heterocycles. The van der Waals surface area contributed by atoms with Crippen molar-refractivity contribution < 1.29 is 24.4 Å². The Bertz CT molecular complexity index is 311. The monoisotopic (exact) mass is 288 g/mol. The van der Waals surface area contributed by atoms with Crippen molar-refractivity contribution in [2.75, 3.05) is 6.61 Å². The number of hydrogen-bond donors (Lipinski definition) is 2. The van der Waals surface area contributed by atoms with E-state index in [-0.39, 0.29) is 24.2 Å². The zero-order valence-corrected chi connectivity index (χ0v) is 12.9. The Morgan fingerprint density at radius 3 is 2.45 bits per heavy atom. The SMILES string of the molecule is CCC(C)C1OC2COC(C)CC(C)OC(C2O)C1O. The summed E-state index contributed by atoms with van der Waals surface area (Å²) in [6, 6.07) is 0. The van der Waals surface area contributed by atoms with Crippen molar-refractivity contribution in [1.29, 1.82) is 0 Å². The first-order valence-electron chi connectivity index (χ1n) is 7.72. The van der Waals surface area contributed by atoms with Crippen LogP contribution >= 0.6 is 0 Å². The van der Waals surface area contributed by atoms with Gasteiger partial charge < -0.3 is 24.4 Å². The molecule has 0 aromatic heterocycles. The van der Waals surface area contributed by atoms with Crippen LogP contribution in [-0.4, -0.2) is 59.5 Å². The van der Waals surface area contributed by atoms with Gasteiger partial charge >= 0.3 is 0 Å². The predicted molar refractivity (Wildman–Crippen MR) is 74.5 cm³/mol. The molecule has 8 unspecified atom stereocenters. The third-order valence-corrected chi connectivity index (χ3v) is 4.53. The van der Waals surface area contributed by atoms with E-state index >= 15 is 0 Å². The zero-order valence-electron chi connectivity index (χ0n) is 12.9. The summed E-state index contributed by atoms with van der Waals surface area (Å²) in [5.41, 5.74) is 0. The third-order valence-electron chi connectivity index (χ3n) is 4.53. The second-order valence-corrected chi connectivity index (χ2v) is 6.30. The lowest BCUT2D eigenvalue weighted by atomic mass is 9.87. The van der Waals surface area contributed by atoms with Crippen LogP contribution < -0.4 is 0 Å². The first kappa shape index (κ1) is 16.2. The Labute approximate surface area is 121 Å². The van der Waals surface area contributed by atoms with Gasteiger partial charge in [-0.2, -0.15) is 0 Å². The molecule has 5 nitrogen and oxygen atoms in total. The minimum absolute atomic E-state index is 0.0549. The van der Waals surface area contributed by atoms with E-state index in [0.29, 0.717) is 6.61 Å². The van der Waals surface area contributed by atoms with Gasteiger partial charge in [-0.15, -0.1) is 0 Å². The second kappa shape index (κ2) is 6.71. The molecule has 0 amide bonds. The van der Waals surface area contributed by atoms with Crippen molar-refractivity contribution >= 4 is 0 Å². The molecule has 20 heavy (non-hydrogen) atoms. The standard InChI is InChI=1S/C15H28O5/c1-5-8(2)14-13(17)15-12(16)11(20-14)7-18-9(3)6-10(4)19-15/h8-17H,5-7H2,1-4H3. The molecule has 0 radical (unpaired) electrons. The highest BCUT2D eigenvalue weighted by atomic mass is 16.6. The average Bonchev–Trinajstić information content (AvgIpc) is 2.44. The van der Waals surface area contributed by atoms with Gasteiger partial charge in [0.25, 0.3) is 0 Å². The van der Waals surface area contributed by atoms with Gasteiger partial charge in [0, 0.05) is 0 Å². The fourth-order valence-corrected chi connectivity index (χ4v) is 3.08. The van der Waals surface area contributed by atoms with Crippen molar-refractivity contribution in [3.05, 3.63) is 0 Å². The summed E-state index contributed by atoms with van der Waals surface area (Å²) in [5, 5.41) is 20.9. The lowest BCUT2D eigenvalue weighted by Gasteiger charge is -2.44. The summed E-state index contributed by atoms with van der Waals surface area (Å²) >= 11 is 0. The van der Waals surface area contributed by atoms with E-state index in [1.807, 2.05) is 20.8 Å². The molecule has 0 aromatic rings. The maximum absolute atomic E-state index is 10.5. The molecule has 0 aromatic carbocycles. The molecule has 0 saturated carbocycles. The largest absolute Gasteiger partial charge is 0.388 e. The van der Waals surface area contributed by atoms with Crippen molar-refractivity contribution in [3.63, 3.8) is 0 Å². The zero-order chi connectivity index (χ0) is 14.9. The Hall–Kier alpha value is -0.200. The van der Waals surface area contributed by atoms with Gasteiger partial charge in [0.2, 0.25) is 0 Å². The highest BCUT2D eigenvalue weighted by molar-refractivity contribution is 4.95. The summed E-state index contributed by atoms with van der Waals surface area (Å²) in [6.07, 6.45) is -1.35. The summed E-state index contributed by atoms with van der Waals surface area (Å²) in [7, 11) is 0. The first-order chi connectivity index (χ1) is 9.43. The van der Waals surface area contributed by atoms with E-state index < -0.39 is 24.4 Å². The molecule has 5 heteroatoms. The lowest BCUT2D eigenvalue weighted by molar-refractivity contribution is -0.255. The van der Waals surface area contributed by atoms with Crippen LogP contribution in [0.5, 0.6) is 0 Å². The topological polar surface area (TPSA) is 68.2 Å². The molecule has 0 aliphatic carbocycles. The van der Waals surface area contributed by atoms with Gasteiger partial charge in [0.1, 0.15) is 24.4 Å². The normalized spacial score (nSPS) is 48.0. The molecule has 118 valence electrons. The molecule has 2 bridgehead atoms. The van der Waals surface area contributed by atoms with Crippen molar-refractivity contribution in [2.24, 2.45) is 5.92 Å². The maximum Gasteiger partial charge on any atom is 0.115 e. The molecule has 0 spiro atoms. The molecular formula is C15H28O5. The molecular weight excluding hydrogens is 260 g/mol. The van der Waals surface area contributed by atoms with Crippen LogP contribution in [0.2, 0.25) is 0 Å². The quantitative estimate of drug-likeness (QED) is 0.796. The maximum atomic E-state index is 10.5. The number of hydrogen-bond acceptors (Lipinski definition) is 5. The molecule has 2 N–H and O–H groups in total. The van der Waals surface area contributed by atoms with Gasteiger partial charge in [-0.05, 0) is 26.2 Å². The molecule has 2 fully saturated rings. The fraction of sp³-hybridized carbons (Fsp3) is 1.00. The Kier molecular flexibility index (Phi) is 5.42. The number of aliphatic hydroxyl groups excluding tert-OH is 2. The summed E-state index contributed by atoms with van der Waals surface area (Å²) in [5.74, 6) is 0.208. The minimum atomic E-state index is -0.849. The number of rotatable bonds is 2. The molecule has 2 rings (SSSR count). The van der Waals surface area contributed by atoms with Crippen LogP contribution in [-0.2, 0) is 14.2 Å². The molecule has 2 saturated heterocycles. The average molecular weight is 288 g/mol. The highest BCUT2D eigenvalue weighted by Crippen LogP contribution is 2.31. The predicted octanol–water partition coefficient (Wildman–Crippen LogP) is 1.10. The summed E-state index contributed by atoms with van der Waals surface area (Å²) in [6.45, 7) is 8.40. The van der Waals surface area contributed by atoms with Gasteiger partial charge in [0.05, 0.1) is 24.9 Å². The van der Waals surface area contributed by atoms with E-state index in [1.165, 1.54) is 0 Å². The van der Waals surface area contributed by atoms with Gasteiger partial charge in [-0.3, -0.25) is 0 Å². The Morgan fingerprint density at radius 2 is 1.80 bits per heavy atom. The van der Waals surface area contributed by atoms with E-state index in [1.54, 1.807) is 0 Å². The fourth-order valence-electron chi connectivity index (χ4n) is 3.08. The van der Waals surface area contributed by atoms with Crippen LogP contribution in [0.1, 0.15) is 40.5 Å². The Morgan fingerprint density at radius 1 is 1.10 bits per heavy atom. The summed E-state index contributed by atoms with van der Waals surface area (Å²) in [4.78, 5) is 0. The van der Waals surface area contributed by atoms with Crippen LogP contribution in [0, 0.1) is 5.92 Å². The smallest absolute Gasteiger partial charge is 0.115 e. The van der Waals surface area contributed by atoms with Crippen molar-refractivity contribution in [1.82, 2.24) is 0 Å². The number of ether oxygens (including phenoxy) is 3. The second-order valence-electron chi connectivity index (χ2n) is 6.30. The van der Waals surface area contributed by atoms with Crippen molar-refractivity contribution in [2.45, 2.75) is 83.3 Å². The van der Waals surface area contributed by atoms with Crippen LogP contribution in [0.15, 0.2) is 0 Å².